The summed E-state index contributed by atoms with van der Waals surface area (Å²) < 4.78 is 31.1. The van der Waals surface area contributed by atoms with Crippen molar-refractivity contribution < 1.29 is 23.1 Å². The number of halogens is 2. The molecule has 0 unspecified atom stereocenters. The number of ether oxygens (including phenoxy) is 1. The molecule has 0 radical (unpaired) electrons. The Kier molecular flexibility index (Phi) is 5.79. The summed E-state index contributed by atoms with van der Waals surface area (Å²) in [6.07, 6.45) is 0.0991. The molecule has 0 aromatic heterocycles. The zero-order valence-electron chi connectivity index (χ0n) is 13.3. The lowest BCUT2D eigenvalue weighted by Crippen LogP contribution is -2.43. The van der Waals surface area contributed by atoms with Crippen LogP contribution in [0.15, 0.2) is 42.5 Å². The molecule has 7 heteroatoms. The summed E-state index contributed by atoms with van der Waals surface area (Å²) in [7, 11) is 1.17. The lowest BCUT2D eigenvalue weighted by atomic mass is 10.0. The van der Waals surface area contributed by atoms with E-state index < -0.39 is 29.6 Å². The van der Waals surface area contributed by atoms with E-state index >= 15 is 0 Å². The Bertz CT molecular complexity index is 809. The Morgan fingerprint density at radius 3 is 2.28 bits per heavy atom. The average Bonchev–Trinajstić information content (AvgIpc) is 2.60. The number of methoxy groups -OCH3 is 1. The maximum Gasteiger partial charge on any atom is 0.328 e. The molecule has 1 atom stereocenters. The summed E-state index contributed by atoms with van der Waals surface area (Å²) in [6, 6.07) is 9.75. The van der Waals surface area contributed by atoms with Gasteiger partial charge >= 0.3 is 5.97 Å². The number of rotatable bonds is 5. The van der Waals surface area contributed by atoms with E-state index in [-0.39, 0.29) is 12.0 Å². The number of nitrogens with one attached hydrogen (secondary N) is 1. The lowest BCUT2D eigenvalue weighted by Gasteiger charge is -2.17. The summed E-state index contributed by atoms with van der Waals surface area (Å²) in [5.74, 6) is -3.30. The summed E-state index contributed by atoms with van der Waals surface area (Å²) in [6.45, 7) is 0. The van der Waals surface area contributed by atoms with Crippen molar-refractivity contribution in [3.05, 3.63) is 70.8 Å². The number of carbonyl (C=O) groups excluding carboxylic acids is 2. The molecular formula is C18H14F2N2O3. The van der Waals surface area contributed by atoms with Crippen molar-refractivity contribution in [3.63, 3.8) is 0 Å². The first-order chi connectivity index (χ1) is 11.9. The molecule has 128 valence electrons. The average molecular weight is 344 g/mol. The molecule has 0 bridgehead atoms. The van der Waals surface area contributed by atoms with Gasteiger partial charge in [0.15, 0.2) is 0 Å². The number of benzene rings is 2. The summed E-state index contributed by atoms with van der Waals surface area (Å²) >= 11 is 0. The van der Waals surface area contributed by atoms with Gasteiger partial charge in [-0.2, -0.15) is 5.26 Å². The van der Waals surface area contributed by atoms with Crippen LogP contribution in [0.1, 0.15) is 21.5 Å². The fraction of sp³-hybridized carbons (Fsp3) is 0.167. The van der Waals surface area contributed by atoms with Crippen LogP contribution in [0.25, 0.3) is 0 Å². The van der Waals surface area contributed by atoms with Crippen LogP contribution in [-0.2, 0) is 16.0 Å². The van der Waals surface area contributed by atoms with Crippen LogP contribution in [0, 0.1) is 23.0 Å². The molecule has 2 rings (SSSR count). The maximum absolute atomic E-state index is 13.2. The third kappa shape index (κ3) is 4.85. The standard InChI is InChI=1S/C18H14F2N2O3/c1-25-18(24)16(6-11-2-4-12(10-21)5-3-11)22-17(23)13-7-14(19)9-15(20)8-13/h2-5,7-9,16H,6H2,1H3,(H,22,23)/t16-/m1/s1. The van der Waals surface area contributed by atoms with Gasteiger partial charge in [0.1, 0.15) is 17.7 Å². The van der Waals surface area contributed by atoms with E-state index in [9.17, 15) is 18.4 Å². The normalized spacial score (nSPS) is 11.3. The highest BCUT2D eigenvalue weighted by Gasteiger charge is 2.23. The number of amides is 1. The molecule has 0 fully saturated rings. The zero-order chi connectivity index (χ0) is 18.4. The largest absolute Gasteiger partial charge is 0.467 e. The highest BCUT2D eigenvalue weighted by molar-refractivity contribution is 5.96. The third-order valence-electron chi connectivity index (χ3n) is 3.44. The predicted octanol–water partition coefficient (Wildman–Crippen LogP) is 2.35. The quantitative estimate of drug-likeness (QED) is 0.845. The van der Waals surface area contributed by atoms with Crippen LogP contribution in [0.5, 0.6) is 0 Å². The highest BCUT2D eigenvalue weighted by Crippen LogP contribution is 2.11. The molecule has 0 spiro atoms. The van der Waals surface area contributed by atoms with E-state index in [4.69, 9.17) is 5.26 Å². The molecule has 0 aliphatic carbocycles. The van der Waals surface area contributed by atoms with Crippen molar-refractivity contribution >= 4 is 11.9 Å². The molecule has 1 amide bonds. The Labute approximate surface area is 142 Å². The topological polar surface area (TPSA) is 79.2 Å². The number of hydrogen-bond donors (Lipinski definition) is 1. The Balaban J connectivity index is 2.18. The first-order valence-electron chi connectivity index (χ1n) is 7.26. The van der Waals surface area contributed by atoms with Crippen molar-refractivity contribution in [2.24, 2.45) is 0 Å². The van der Waals surface area contributed by atoms with Crippen LogP contribution in [0.2, 0.25) is 0 Å². The number of esters is 1. The van der Waals surface area contributed by atoms with Gasteiger partial charge in [-0.3, -0.25) is 4.79 Å². The van der Waals surface area contributed by atoms with Crippen LogP contribution in [0.4, 0.5) is 8.78 Å². The molecule has 0 aliphatic heterocycles. The number of carbonyl (C=O) groups is 2. The van der Waals surface area contributed by atoms with Gasteiger partial charge in [0.25, 0.3) is 5.91 Å². The van der Waals surface area contributed by atoms with Crippen LogP contribution < -0.4 is 5.32 Å². The minimum Gasteiger partial charge on any atom is -0.467 e. The first kappa shape index (κ1) is 18.1. The zero-order valence-corrected chi connectivity index (χ0v) is 13.3. The lowest BCUT2D eigenvalue weighted by molar-refractivity contribution is -0.142. The second-order valence-corrected chi connectivity index (χ2v) is 5.22. The number of nitriles is 1. The van der Waals surface area contributed by atoms with Crippen molar-refractivity contribution in [1.82, 2.24) is 5.32 Å². The third-order valence-corrected chi connectivity index (χ3v) is 3.44. The monoisotopic (exact) mass is 344 g/mol. The van der Waals surface area contributed by atoms with Gasteiger partial charge in [0.2, 0.25) is 0 Å². The molecule has 5 nitrogen and oxygen atoms in total. The SMILES string of the molecule is COC(=O)[C@@H](Cc1ccc(C#N)cc1)NC(=O)c1cc(F)cc(F)c1. The van der Waals surface area contributed by atoms with E-state index in [1.807, 2.05) is 6.07 Å². The fourth-order valence-corrected chi connectivity index (χ4v) is 2.21. The Morgan fingerprint density at radius 2 is 1.76 bits per heavy atom. The van der Waals surface area contributed by atoms with E-state index in [0.717, 1.165) is 12.1 Å². The van der Waals surface area contributed by atoms with Crippen LogP contribution >= 0.6 is 0 Å². The number of nitrogens with zero attached hydrogens (tertiary/aromatic N) is 1. The van der Waals surface area contributed by atoms with Gasteiger partial charge in [0, 0.05) is 18.1 Å². The maximum atomic E-state index is 13.2. The van der Waals surface area contributed by atoms with E-state index in [0.29, 0.717) is 17.2 Å². The molecule has 0 heterocycles. The molecule has 0 aliphatic rings. The second kappa shape index (κ2) is 8.02. The fourth-order valence-electron chi connectivity index (χ4n) is 2.21. The summed E-state index contributed by atoms with van der Waals surface area (Å²) in [5, 5.41) is 11.2. The van der Waals surface area contributed by atoms with Gasteiger partial charge in [-0.05, 0) is 29.8 Å². The van der Waals surface area contributed by atoms with Crippen molar-refractivity contribution in [3.8, 4) is 6.07 Å². The first-order valence-corrected chi connectivity index (χ1v) is 7.26. The van der Waals surface area contributed by atoms with Crippen molar-refractivity contribution in [1.29, 1.82) is 5.26 Å². The Morgan fingerprint density at radius 1 is 1.16 bits per heavy atom. The summed E-state index contributed by atoms with van der Waals surface area (Å²) in [4.78, 5) is 24.1. The minimum atomic E-state index is -1.04. The Hall–Kier alpha value is -3.27. The van der Waals surface area contributed by atoms with Gasteiger partial charge < -0.3 is 10.1 Å². The smallest absolute Gasteiger partial charge is 0.328 e. The van der Waals surface area contributed by atoms with Crippen molar-refractivity contribution in [2.75, 3.05) is 7.11 Å². The minimum absolute atomic E-state index is 0.0991. The van der Waals surface area contributed by atoms with Crippen LogP contribution in [-0.4, -0.2) is 25.0 Å². The molecule has 25 heavy (non-hydrogen) atoms. The molecule has 2 aromatic carbocycles. The van der Waals surface area contributed by atoms with Crippen LogP contribution in [0.3, 0.4) is 0 Å². The van der Waals surface area contributed by atoms with Gasteiger partial charge in [-0.1, -0.05) is 12.1 Å². The number of hydrogen-bond acceptors (Lipinski definition) is 4. The molecule has 0 saturated heterocycles. The van der Waals surface area contributed by atoms with Gasteiger partial charge in [-0.15, -0.1) is 0 Å². The van der Waals surface area contributed by atoms with E-state index in [2.05, 4.69) is 10.1 Å². The van der Waals surface area contributed by atoms with Crippen molar-refractivity contribution in [2.45, 2.75) is 12.5 Å². The van der Waals surface area contributed by atoms with Gasteiger partial charge in [0.05, 0.1) is 18.7 Å². The molecule has 1 N–H and O–H groups in total. The molecule has 0 saturated carbocycles. The van der Waals surface area contributed by atoms with E-state index in [1.165, 1.54) is 7.11 Å². The highest BCUT2D eigenvalue weighted by atomic mass is 19.1. The second-order valence-electron chi connectivity index (χ2n) is 5.22. The van der Waals surface area contributed by atoms with Gasteiger partial charge in [-0.25, -0.2) is 13.6 Å². The molecular weight excluding hydrogens is 330 g/mol. The summed E-state index contributed by atoms with van der Waals surface area (Å²) in [5.41, 5.74) is 0.893. The predicted molar refractivity (Wildman–Crippen MR) is 84.5 cm³/mol. The molecule has 2 aromatic rings. The van der Waals surface area contributed by atoms with E-state index in [1.54, 1.807) is 24.3 Å².